The number of carbonyl (C=O) groups is 1. The predicted molar refractivity (Wildman–Crippen MR) is 92.0 cm³/mol. The van der Waals surface area contributed by atoms with Gasteiger partial charge in [0.15, 0.2) is 0 Å². The van der Waals surface area contributed by atoms with Crippen molar-refractivity contribution in [3.8, 4) is 11.4 Å². The van der Waals surface area contributed by atoms with Crippen LogP contribution in [0.15, 0.2) is 6.20 Å². The van der Waals surface area contributed by atoms with Crippen LogP contribution in [0.3, 0.4) is 0 Å². The first-order valence-electron chi connectivity index (χ1n) is 7.93. The van der Waals surface area contributed by atoms with Crippen LogP contribution in [-0.2, 0) is 12.8 Å². The van der Waals surface area contributed by atoms with Crippen molar-refractivity contribution in [1.29, 1.82) is 0 Å². The largest absolute Gasteiger partial charge is 0.368 e. The number of aryl methyl sites for hydroxylation is 1. The summed E-state index contributed by atoms with van der Waals surface area (Å²) in [5.41, 5.74) is 9.61. The summed E-state index contributed by atoms with van der Waals surface area (Å²) in [6.07, 6.45) is 5.18. The van der Waals surface area contributed by atoms with Crippen molar-refractivity contribution in [3.05, 3.63) is 23.0 Å². The molecule has 24 heavy (non-hydrogen) atoms. The highest BCUT2D eigenvalue weighted by Gasteiger charge is 2.27. The quantitative estimate of drug-likeness (QED) is 0.624. The zero-order valence-electron chi connectivity index (χ0n) is 13.1. The average molecular weight is 350 g/mol. The molecule has 4 rings (SSSR count). The van der Waals surface area contributed by atoms with E-state index in [-0.39, 0.29) is 30.3 Å². The summed E-state index contributed by atoms with van der Waals surface area (Å²) < 4.78 is 0. The van der Waals surface area contributed by atoms with Gasteiger partial charge in [-0.05, 0) is 44.3 Å². The van der Waals surface area contributed by atoms with Crippen LogP contribution >= 0.6 is 12.4 Å². The SMILES string of the molecule is Cl.Nc1ncc2c(n1)-c1n[nH]c(C(=O)NC3CCNCC3)c1CC2. The molecule has 2 aromatic heterocycles. The molecular formula is C15H20ClN7O. The van der Waals surface area contributed by atoms with Crippen LogP contribution in [0.1, 0.15) is 34.5 Å². The molecule has 3 heterocycles. The van der Waals surface area contributed by atoms with Crippen molar-refractivity contribution in [2.24, 2.45) is 0 Å². The first-order chi connectivity index (χ1) is 11.2. The standard InChI is InChI=1S/C15H19N7O.ClH/c16-15-18-7-8-1-2-10-12(11(8)20-15)21-22-13(10)14(23)19-9-3-5-17-6-4-9;/h7,9,17H,1-6H2,(H,19,23)(H,21,22)(H2,16,18,20);1H. The zero-order chi connectivity index (χ0) is 15.8. The number of nitrogens with two attached hydrogens (primary N) is 1. The summed E-state index contributed by atoms with van der Waals surface area (Å²) in [6, 6.07) is 0.219. The van der Waals surface area contributed by atoms with Gasteiger partial charge in [0, 0.05) is 17.8 Å². The second-order valence-corrected chi connectivity index (χ2v) is 6.03. The molecule has 0 bridgehead atoms. The van der Waals surface area contributed by atoms with Crippen molar-refractivity contribution < 1.29 is 4.79 Å². The Kier molecular flexibility index (Phi) is 4.68. The number of H-pyrrole nitrogens is 1. The van der Waals surface area contributed by atoms with Crippen LogP contribution in [0.4, 0.5) is 5.95 Å². The Morgan fingerprint density at radius 3 is 2.83 bits per heavy atom. The molecule has 0 atom stereocenters. The third-order valence-corrected chi connectivity index (χ3v) is 4.52. The van der Waals surface area contributed by atoms with Gasteiger partial charge in [0.1, 0.15) is 11.4 Å². The van der Waals surface area contributed by atoms with Crippen molar-refractivity contribution >= 4 is 24.3 Å². The fourth-order valence-electron chi connectivity index (χ4n) is 3.28. The number of carbonyl (C=O) groups excluding carboxylic acids is 1. The number of nitrogen functional groups attached to an aromatic ring is 1. The Morgan fingerprint density at radius 1 is 1.25 bits per heavy atom. The molecule has 0 saturated carbocycles. The van der Waals surface area contributed by atoms with Gasteiger partial charge in [-0.2, -0.15) is 5.10 Å². The molecule has 2 aromatic rings. The fourth-order valence-corrected chi connectivity index (χ4v) is 3.28. The molecule has 1 fully saturated rings. The molecule has 9 heteroatoms. The van der Waals surface area contributed by atoms with E-state index >= 15 is 0 Å². The molecule has 0 unspecified atom stereocenters. The predicted octanol–water partition coefficient (Wildman–Crippen LogP) is 0.451. The maximum absolute atomic E-state index is 12.6. The molecule has 5 N–H and O–H groups in total. The van der Waals surface area contributed by atoms with Crippen molar-refractivity contribution in [1.82, 2.24) is 30.8 Å². The van der Waals surface area contributed by atoms with Gasteiger partial charge < -0.3 is 16.4 Å². The number of anilines is 1. The highest BCUT2D eigenvalue weighted by molar-refractivity contribution is 5.96. The maximum atomic E-state index is 12.6. The summed E-state index contributed by atoms with van der Waals surface area (Å²) >= 11 is 0. The van der Waals surface area contributed by atoms with E-state index in [0.717, 1.165) is 61.3 Å². The summed E-state index contributed by atoms with van der Waals surface area (Å²) in [7, 11) is 0. The monoisotopic (exact) mass is 349 g/mol. The van der Waals surface area contributed by atoms with Gasteiger partial charge in [0.25, 0.3) is 5.91 Å². The topological polar surface area (TPSA) is 122 Å². The number of halogens is 1. The number of hydrogen-bond acceptors (Lipinski definition) is 6. The third-order valence-electron chi connectivity index (χ3n) is 4.52. The van der Waals surface area contributed by atoms with Gasteiger partial charge in [-0.3, -0.25) is 9.89 Å². The summed E-state index contributed by atoms with van der Waals surface area (Å²) in [5.74, 6) is 0.136. The Hall–Kier alpha value is -2.19. The highest BCUT2D eigenvalue weighted by Crippen LogP contribution is 2.32. The molecule has 0 aromatic carbocycles. The van der Waals surface area contributed by atoms with Crippen molar-refractivity contribution in [3.63, 3.8) is 0 Å². The lowest BCUT2D eigenvalue weighted by Crippen LogP contribution is -2.43. The first-order valence-corrected chi connectivity index (χ1v) is 7.93. The molecule has 1 saturated heterocycles. The minimum Gasteiger partial charge on any atom is -0.368 e. The van der Waals surface area contributed by atoms with E-state index in [1.54, 1.807) is 6.20 Å². The first kappa shape index (κ1) is 16.7. The van der Waals surface area contributed by atoms with E-state index in [2.05, 4.69) is 30.8 Å². The van der Waals surface area contributed by atoms with Crippen LogP contribution in [-0.4, -0.2) is 45.2 Å². The van der Waals surface area contributed by atoms with E-state index in [9.17, 15) is 4.79 Å². The summed E-state index contributed by atoms with van der Waals surface area (Å²) in [4.78, 5) is 20.9. The van der Waals surface area contributed by atoms with E-state index in [0.29, 0.717) is 5.69 Å². The number of rotatable bonds is 2. The number of aromatic amines is 1. The number of nitrogens with zero attached hydrogens (tertiary/aromatic N) is 3. The van der Waals surface area contributed by atoms with Crippen LogP contribution in [0.25, 0.3) is 11.4 Å². The molecule has 2 aliphatic rings. The second kappa shape index (κ2) is 6.74. The number of amides is 1. The lowest BCUT2D eigenvalue weighted by molar-refractivity contribution is 0.0923. The number of aromatic nitrogens is 4. The Morgan fingerprint density at radius 2 is 2.04 bits per heavy atom. The van der Waals surface area contributed by atoms with Crippen LogP contribution < -0.4 is 16.4 Å². The highest BCUT2D eigenvalue weighted by atomic mass is 35.5. The van der Waals surface area contributed by atoms with Crippen molar-refractivity contribution in [2.75, 3.05) is 18.8 Å². The van der Waals surface area contributed by atoms with Crippen LogP contribution in [0.2, 0.25) is 0 Å². The molecule has 1 aliphatic heterocycles. The Bertz CT molecular complexity index is 754. The number of fused-ring (bicyclic) bond motifs is 3. The third kappa shape index (κ3) is 2.94. The van der Waals surface area contributed by atoms with Gasteiger partial charge in [-0.1, -0.05) is 0 Å². The lowest BCUT2D eigenvalue weighted by Gasteiger charge is -2.23. The molecular weight excluding hydrogens is 330 g/mol. The lowest BCUT2D eigenvalue weighted by atomic mass is 9.93. The fraction of sp³-hybridized carbons (Fsp3) is 0.467. The van der Waals surface area contributed by atoms with E-state index in [1.807, 2.05) is 0 Å². The molecule has 0 spiro atoms. The van der Waals surface area contributed by atoms with Crippen molar-refractivity contribution in [2.45, 2.75) is 31.7 Å². The van der Waals surface area contributed by atoms with E-state index in [4.69, 9.17) is 5.73 Å². The smallest absolute Gasteiger partial charge is 0.269 e. The molecule has 128 valence electrons. The van der Waals surface area contributed by atoms with E-state index < -0.39 is 0 Å². The van der Waals surface area contributed by atoms with Gasteiger partial charge in [-0.15, -0.1) is 12.4 Å². The normalized spacial score (nSPS) is 16.7. The van der Waals surface area contributed by atoms with Gasteiger partial charge in [-0.25, -0.2) is 9.97 Å². The molecule has 8 nitrogen and oxygen atoms in total. The molecule has 1 amide bonds. The number of hydrogen-bond donors (Lipinski definition) is 4. The molecule has 0 radical (unpaired) electrons. The Balaban J connectivity index is 0.00000169. The molecule has 1 aliphatic carbocycles. The van der Waals surface area contributed by atoms with E-state index in [1.165, 1.54) is 0 Å². The maximum Gasteiger partial charge on any atom is 0.269 e. The minimum atomic E-state index is -0.0869. The van der Waals surface area contributed by atoms with Crippen LogP contribution in [0, 0.1) is 0 Å². The van der Waals surface area contributed by atoms with Gasteiger partial charge >= 0.3 is 0 Å². The van der Waals surface area contributed by atoms with Gasteiger partial charge in [0.2, 0.25) is 5.95 Å². The number of piperidine rings is 1. The summed E-state index contributed by atoms with van der Waals surface area (Å²) in [5, 5.41) is 13.6. The average Bonchev–Trinajstić information content (AvgIpc) is 3.00. The zero-order valence-corrected chi connectivity index (χ0v) is 13.9. The Labute approximate surface area is 145 Å². The number of nitrogens with one attached hydrogen (secondary N) is 3. The summed E-state index contributed by atoms with van der Waals surface area (Å²) in [6.45, 7) is 1.88. The van der Waals surface area contributed by atoms with Crippen LogP contribution in [0.5, 0.6) is 0 Å². The minimum absolute atomic E-state index is 0. The second-order valence-electron chi connectivity index (χ2n) is 6.03. The van der Waals surface area contributed by atoms with Gasteiger partial charge in [0.05, 0.1) is 5.69 Å².